The minimum absolute atomic E-state index is 0.0798. The molecule has 6 heteroatoms. The molecule has 1 atom stereocenters. The van der Waals surface area contributed by atoms with Crippen LogP contribution >= 0.6 is 0 Å². The topological polar surface area (TPSA) is 78.9 Å². The summed E-state index contributed by atoms with van der Waals surface area (Å²) >= 11 is 0. The molecule has 0 aliphatic carbocycles. The van der Waals surface area contributed by atoms with Gasteiger partial charge in [-0.05, 0) is 70.6 Å². The molecule has 0 amide bonds. The van der Waals surface area contributed by atoms with Crippen LogP contribution in [0.5, 0.6) is 0 Å². The molecule has 0 saturated heterocycles. The first kappa shape index (κ1) is 69.8. The summed E-state index contributed by atoms with van der Waals surface area (Å²) in [5.41, 5.74) is 0. The van der Waals surface area contributed by atoms with Crippen molar-refractivity contribution in [3.05, 3.63) is 72.9 Å². The van der Waals surface area contributed by atoms with E-state index in [2.05, 4.69) is 93.7 Å². The molecule has 0 fully saturated rings. The average Bonchev–Trinajstić information content (AvgIpc) is 3.39. The van der Waals surface area contributed by atoms with Crippen molar-refractivity contribution >= 4 is 17.9 Å². The summed E-state index contributed by atoms with van der Waals surface area (Å²) in [7, 11) is 0. The molecule has 0 radical (unpaired) electrons. The molecule has 0 N–H and O–H groups in total. The number of carbonyl (C=O) groups is 3. The van der Waals surface area contributed by atoms with Crippen molar-refractivity contribution in [1.82, 2.24) is 0 Å². The number of allylic oxidation sites excluding steroid dienone is 12. The Balaban J connectivity index is 4.29. The van der Waals surface area contributed by atoms with Gasteiger partial charge in [-0.15, -0.1) is 0 Å². The molecule has 0 saturated carbocycles. The third-order valence-electron chi connectivity index (χ3n) is 13.7. The van der Waals surface area contributed by atoms with Crippen molar-refractivity contribution in [2.24, 2.45) is 0 Å². The molecule has 0 aromatic carbocycles. The fourth-order valence-electron chi connectivity index (χ4n) is 9.04. The van der Waals surface area contributed by atoms with Gasteiger partial charge in [0.15, 0.2) is 6.10 Å². The highest BCUT2D eigenvalue weighted by Crippen LogP contribution is 2.17. The van der Waals surface area contributed by atoms with E-state index in [1.54, 1.807) is 0 Å². The van der Waals surface area contributed by atoms with Crippen LogP contribution in [0, 0.1) is 0 Å². The van der Waals surface area contributed by atoms with Crippen molar-refractivity contribution < 1.29 is 28.6 Å². The summed E-state index contributed by atoms with van der Waals surface area (Å²) < 4.78 is 16.9. The Hall–Kier alpha value is -3.15. The lowest BCUT2D eigenvalue weighted by Gasteiger charge is -2.18. The predicted molar refractivity (Wildman–Crippen MR) is 316 cm³/mol. The smallest absolute Gasteiger partial charge is 0.306 e. The van der Waals surface area contributed by atoms with E-state index in [0.717, 1.165) is 109 Å². The van der Waals surface area contributed by atoms with Gasteiger partial charge in [0.2, 0.25) is 0 Å². The minimum atomic E-state index is -0.783. The van der Waals surface area contributed by atoms with E-state index < -0.39 is 6.10 Å². The Morgan fingerprint density at radius 3 is 0.836 bits per heavy atom. The molecule has 73 heavy (non-hydrogen) atoms. The van der Waals surface area contributed by atoms with E-state index in [1.807, 2.05) is 0 Å². The van der Waals surface area contributed by atoms with Crippen molar-refractivity contribution in [2.45, 2.75) is 322 Å². The number of rotatable bonds is 57. The Morgan fingerprint density at radius 2 is 0.534 bits per heavy atom. The van der Waals surface area contributed by atoms with Crippen LogP contribution in [0.4, 0.5) is 0 Å². The normalized spacial score (nSPS) is 12.5. The molecule has 0 aliphatic rings. The lowest BCUT2D eigenvalue weighted by Crippen LogP contribution is -2.30. The van der Waals surface area contributed by atoms with Gasteiger partial charge < -0.3 is 14.2 Å². The summed E-state index contributed by atoms with van der Waals surface area (Å²) in [5, 5.41) is 0. The van der Waals surface area contributed by atoms with Crippen molar-refractivity contribution in [1.29, 1.82) is 0 Å². The van der Waals surface area contributed by atoms with E-state index in [4.69, 9.17) is 14.2 Å². The molecule has 0 heterocycles. The average molecular weight is 1020 g/mol. The molecule has 0 aliphatic heterocycles. The maximum atomic E-state index is 12.9. The second-order valence-electron chi connectivity index (χ2n) is 21.0. The largest absolute Gasteiger partial charge is 0.462 e. The standard InChI is InChI=1S/C67H118O6/c1-4-7-10-13-16-19-22-24-26-28-30-32-34-36-37-39-41-43-45-48-51-54-57-60-66(69)72-63-64(62-71-65(68)59-56-53-50-47-21-18-15-12-9-6-3)73-67(70)61-58-55-52-49-46-44-42-40-38-35-33-31-29-27-25-23-20-17-14-11-8-5-2/h7,10,16,19,24,26,30,32,36-37,41,43,64H,4-6,8-9,11-15,17-18,20-23,25,27-29,31,33-35,38-40,42,44-63H2,1-3H3/b10-7-,19-16-,26-24-,32-30-,37-36-,43-41-. The van der Waals surface area contributed by atoms with Gasteiger partial charge in [0, 0.05) is 19.3 Å². The van der Waals surface area contributed by atoms with Crippen LogP contribution in [0.15, 0.2) is 72.9 Å². The molecular weight excluding hydrogens is 901 g/mol. The Labute approximate surface area is 453 Å². The van der Waals surface area contributed by atoms with Crippen molar-refractivity contribution in [2.75, 3.05) is 13.2 Å². The van der Waals surface area contributed by atoms with Crippen LogP contribution < -0.4 is 0 Å². The van der Waals surface area contributed by atoms with Crippen LogP contribution in [0.25, 0.3) is 0 Å². The van der Waals surface area contributed by atoms with E-state index in [-0.39, 0.29) is 31.1 Å². The summed E-state index contributed by atoms with van der Waals surface area (Å²) in [6, 6.07) is 0. The van der Waals surface area contributed by atoms with E-state index in [1.165, 1.54) is 167 Å². The van der Waals surface area contributed by atoms with Crippen LogP contribution in [-0.4, -0.2) is 37.2 Å². The molecule has 0 bridgehead atoms. The third-order valence-corrected chi connectivity index (χ3v) is 13.7. The highest BCUT2D eigenvalue weighted by molar-refractivity contribution is 5.71. The van der Waals surface area contributed by atoms with Crippen LogP contribution in [0.2, 0.25) is 0 Å². The van der Waals surface area contributed by atoms with Gasteiger partial charge in [-0.3, -0.25) is 14.4 Å². The molecule has 422 valence electrons. The van der Waals surface area contributed by atoms with Gasteiger partial charge in [-0.25, -0.2) is 0 Å². The highest BCUT2D eigenvalue weighted by Gasteiger charge is 2.19. The molecule has 0 rings (SSSR count). The summed E-state index contributed by atoms with van der Waals surface area (Å²) in [6.07, 6.45) is 79.1. The maximum absolute atomic E-state index is 12.9. The first-order valence-corrected chi connectivity index (χ1v) is 31.4. The fourth-order valence-corrected chi connectivity index (χ4v) is 9.04. The van der Waals surface area contributed by atoms with Gasteiger partial charge in [0.25, 0.3) is 0 Å². The van der Waals surface area contributed by atoms with E-state index in [9.17, 15) is 14.4 Å². The number of carbonyl (C=O) groups excluding carboxylic acids is 3. The van der Waals surface area contributed by atoms with Crippen LogP contribution in [0.1, 0.15) is 316 Å². The summed E-state index contributed by atoms with van der Waals surface area (Å²) in [4.78, 5) is 38.2. The molecule has 0 aromatic rings. The number of unbranched alkanes of at least 4 members (excludes halogenated alkanes) is 34. The Bertz CT molecular complexity index is 1360. The zero-order valence-corrected chi connectivity index (χ0v) is 48.4. The number of hydrogen-bond donors (Lipinski definition) is 0. The monoisotopic (exact) mass is 1020 g/mol. The lowest BCUT2D eigenvalue weighted by atomic mass is 10.0. The van der Waals surface area contributed by atoms with Gasteiger partial charge in [0.1, 0.15) is 13.2 Å². The van der Waals surface area contributed by atoms with Gasteiger partial charge >= 0.3 is 17.9 Å². The Kier molecular flexibility index (Phi) is 58.7. The second-order valence-corrected chi connectivity index (χ2v) is 21.0. The Morgan fingerprint density at radius 1 is 0.288 bits per heavy atom. The van der Waals surface area contributed by atoms with Crippen LogP contribution in [-0.2, 0) is 28.6 Å². The summed E-state index contributed by atoms with van der Waals surface area (Å²) in [6.45, 7) is 6.53. The molecule has 0 spiro atoms. The number of ether oxygens (including phenoxy) is 3. The third kappa shape index (κ3) is 59.6. The second kappa shape index (κ2) is 61.4. The first-order valence-electron chi connectivity index (χ1n) is 31.4. The molecule has 1 unspecified atom stereocenters. The fraction of sp³-hybridized carbons (Fsp3) is 0.776. The minimum Gasteiger partial charge on any atom is -0.462 e. The van der Waals surface area contributed by atoms with Crippen molar-refractivity contribution in [3.8, 4) is 0 Å². The van der Waals surface area contributed by atoms with Gasteiger partial charge in [0.05, 0.1) is 0 Å². The van der Waals surface area contributed by atoms with Crippen LogP contribution in [0.3, 0.4) is 0 Å². The molecular formula is C67H118O6. The van der Waals surface area contributed by atoms with Gasteiger partial charge in [-0.1, -0.05) is 299 Å². The quantitative estimate of drug-likeness (QED) is 0.0261. The van der Waals surface area contributed by atoms with Gasteiger partial charge in [-0.2, -0.15) is 0 Å². The number of esters is 3. The zero-order valence-electron chi connectivity index (χ0n) is 48.4. The van der Waals surface area contributed by atoms with E-state index >= 15 is 0 Å². The molecule has 0 aromatic heterocycles. The maximum Gasteiger partial charge on any atom is 0.306 e. The highest BCUT2D eigenvalue weighted by atomic mass is 16.6. The lowest BCUT2D eigenvalue weighted by molar-refractivity contribution is -0.167. The van der Waals surface area contributed by atoms with Crippen molar-refractivity contribution in [3.63, 3.8) is 0 Å². The zero-order chi connectivity index (χ0) is 52.9. The SMILES string of the molecule is CC/C=C\C/C=C\C/C=C\C/C=C\C/C=C\C/C=C\CCCCCCC(=O)OCC(COC(=O)CCCCCCCCCCCC)OC(=O)CCCCCCCCCCCCCCCCCCCCCCCC. The first-order chi connectivity index (χ1) is 36.0. The van der Waals surface area contributed by atoms with E-state index in [0.29, 0.717) is 19.3 Å². The molecule has 6 nitrogen and oxygen atoms in total. The predicted octanol–water partition coefficient (Wildman–Crippen LogP) is 21.3. The number of hydrogen-bond acceptors (Lipinski definition) is 6. The summed E-state index contributed by atoms with van der Waals surface area (Å²) in [5.74, 6) is -0.892.